The van der Waals surface area contributed by atoms with E-state index in [1.165, 1.54) is 106 Å². The molecule has 0 N–H and O–H groups in total. The van der Waals surface area contributed by atoms with Gasteiger partial charge in [-0.25, -0.2) is 0 Å². The minimum absolute atomic E-state index is 0.0158. The standard InChI is InChI=1S/C20H26N2O.C19H24N2O2.C19H24N2O.C18H22N2O2/c1-10(2)20(23)18-16-9-8-15-13(5)11(3)12(4)14(6)17(15)19(16)22(7)21-18;1-9(2)18(22)16-14-8-23-19-13(6)11(4)10(3)12(5)15(19)17(14)21(7)20-16;1-9(2)19(22)17-15-8-14-12(5)10(3)11(4)13(6)16(14)18(15)21(7)20-17;1-8(2)16(21)14-18-15(20(7)19-14)13-11(5)9(3)10(4)12(6)17(13)22-18/h10H,8-9H2,1-7H3;9H,8H2,1-7H3;9H,8H2,1-7H3;8H,1-7H3. The molecule has 12 rings (SSSR count). The summed E-state index contributed by atoms with van der Waals surface area (Å²) in [7, 11) is 7.71. The second kappa shape index (κ2) is 24.3. The largest absolute Gasteiger partial charge is 0.488 e. The highest BCUT2D eigenvalue weighted by atomic mass is 16.5. The Morgan fingerprint density at radius 3 is 1.18 bits per heavy atom. The van der Waals surface area contributed by atoms with Crippen LogP contribution < -0.4 is 4.74 Å². The molecule has 0 atom stereocenters. The van der Waals surface area contributed by atoms with Crippen molar-refractivity contribution in [3.8, 4) is 39.5 Å². The molecule has 14 heteroatoms. The fourth-order valence-corrected chi connectivity index (χ4v) is 14.0. The third-order valence-corrected chi connectivity index (χ3v) is 20.9. The van der Waals surface area contributed by atoms with E-state index in [-0.39, 0.29) is 46.8 Å². The quantitative estimate of drug-likeness (QED) is 0.134. The molecular weight excluding hydrogens is 1120 g/mol. The van der Waals surface area contributed by atoms with E-state index in [2.05, 4.69) is 131 Å². The highest BCUT2D eigenvalue weighted by molar-refractivity contribution is 6.14. The van der Waals surface area contributed by atoms with Gasteiger partial charge in [0.2, 0.25) is 0 Å². The van der Waals surface area contributed by atoms with Crippen LogP contribution in [0.5, 0.6) is 5.75 Å². The fraction of sp³-hybridized carbons (Fsp3) is 0.474. The maximum atomic E-state index is 12.5. The van der Waals surface area contributed by atoms with Gasteiger partial charge < -0.3 is 9.15 Å². The number of carbonyl (C=O) groups is 4. The van der Waals surface area contributed by atoms with Crippen LogP contribution in [0.2, 0.25) is 0 Å². The van der Waals surface area contributed by atoms with Gasteiger partial charge in [-0.3, -0.25) is 37.9 Å². The van der Waals surface area contributed by atoms with E-state index < -0.39 is 0 Å². The second-order valence-electron chi connectivity index (χ2n) is 27.3. The van der Waals surface area contributed by atoms with Gasteiger partial charge in [-0.15, -0.1) is 0 Å². The number of nitrogens with zero attached hydrogens (tertiary/aromatic N) is 8. The number of aryl methyl sites for hydroxylation is 6. The number of fused-ring (bicyclic) bond motifs is 12. The zero-order chi connectivity index (χ0) is 66.8. The molecule has 90 heavy (non-hydrogen) atoms. The summed E-state index contributed by atoms with van der Waals surface area (Å²) in [5, 5.41) is 19.2. The number of rotatable bonds is 8. The van der Waals surface area contributed by atoms with Gasteiger partial charge in [0, 0.05) is 97.1 Å². The molecule has 5 aromatic heterocycles. The molecule has 1 aliphatic heterocycles. The van der Waals surface area contributed by atoms with E-state index in [4.69, 9.17) is 9.15 Å². The first kappa shape index (κ1) is 66.4. The van der Waals surface area contributed by atoms with Gasteiger partial charge in [0.05, 0.1) is 17.1 Å². The lowest BCUT2D eigenvalue weighted by Gasteiger charge is -2.25. The van der Waals surface area contributed by atoms with Gasteiger partial charge >= 0.3 is 0 Å². The summed E-state index contributed by atoms with van der Waals surface area (Å²) in [6.07, 6.45) is 2.74. The average Bonchev–Trinajstić information content (AvgIpc) is 1.67. The van der Waals surface area contributed by atoms with E-state index in [1.807, 2.05) is 97.6 Å². The predicted molar refractivity (Wildman–Crippen MR) is 363 cm³/mol. The zero-order valence-electron chi connectivity index (χ0n) is 59.2. The molecule has 0 spiro atoms. The molecular formula is C76H96N8O6. The van der Waals surface area contributed by atoms with Crippen molar-refractivity contribution >= 4 is 45.2 Å². The smallest absolute Gasteiger partial charge is 0.189 e. The number of hydrogen-bond donors (Lipinski definition) is 0. The second-order valence-corrected chi connectivity index (χ2v) is 27.3. The van der Waals surface area contributed by atoms with Crippen LogP contribution in [0.4, 0.5) is 0 Å². The van der Waals surface area contributed by atoms with Crippen LogP contribution in [0.1, 0.15) is 214 Å². The Hall–Kier alpha value is -8.00. The summed E-state index contributed by atoms with van der Waals surface area (Å²) in [5.41, 5.74) is 38.4. The molecule has 2 aliphatic carbocycles. The van der Waals surface area contributed by atoms with Crippen molar-refractivity contribution in [1.82, 2.24) is 39.1 Å². The van der Waals surface area contributed by atoms with Crippen LogP contribution in [0, 0.1) is 134 Å². The fourth-order valence-electron chi connectivity index (χ4n) is 14.0. The summed E-state index contributed by atoms with van der Waals surface area (Å²) in [5.74, 6) is 1.13. The third-order valence-electron chi connectivity index (χ3n) is 20.9. The van der Waals surface area contributed by atoms with E-state index in [9.17, 15) is 19.2 Å². The number of aromatic nitrogens is 8. The molecule has 0 amide bonds. The van der Waals surface area contributed by atoms with Crippen LogP contribution in [-0.4, -0.2) is 62.3 Å². The van der Waals surface area contributed by atoms with Crippen LogP contribution in [0.25, 0.3) is 55.8 Å². The molecule has 14 nitrogen and oxygen atoms in total. The number of Topliss-reactive ketones (excluding diaryl/α,β-unsaturated/α-hetero) is 4. The van der Waals surface area contributed by atoms with Gasteiger partial charge in [0.1, 0.15) is 40.5 Å². The molecule has 0 bridgehead atoms. The van der Waals surface area contributed by atoms with E-state index in [1.54, 1.807) is 4.68 Å². The monoisotopic (exact) mass is 1220 g/mol. The minimum Gasteiger partial charge on any atom is -0.488 e. The summed E-state index contributed by atoms with van der Waals surface area (Å²) in [4.78, 5) is 49.9. The molecule has 3 aliphatic rings. The zero-order valence-corrected chi connectivity index (χ0v) is 59.2. The molecule has 6 heterocycles. The van der Waals surface area contributed by atoms with Crippen molar-refractivity contribution in [3.63, 3.8) is 0 Å². The molecule has 0 unspecified atom stereocenters. The molecule has 0 saturated heterocycles. The lowest BCUT2D eigenvalue weighted by Crippen LogP contribution is -2.15. The average molecular weight is 1220 g/mol. The minimum atomic E-state index is -0.100. The topological polar surface area (TPSA) is 162 Å². The Morgan fingerprint density at radius 2 is 0.689 bits per heavy atom. The predicted octanol–water partition coefficient (Wildman–Crippen LogP) is 16.8. The molecule has 476 valence electrons. The van der Waals surface area contributed by atoms with E-state index in [0.717, 1.165) is 86.4 Å². The Bertz CT molecular complexity index is 4390. The highest BCUT2D eigenvalue weighted by Gasteiger charge is 2.36. The van der Waals surface area contributed by atoms with Crippen LogP contribution in [0.3, 0.4) is 0 Å². The number of ketones is 4. The van der Waals surface area contributed by atoms with Crippen molar-refractivity contribution in [1.29, 1.82) is 0 Å². The molecule has 0 fully saturated rings. The van der Waals surface area contributed by atoms with Crippen molar-refractivity contribution in [2.75, 3.05) is 0 Å². The number of ether oxygens (including phenoxy) is 1. The first-order valence-corrected chi connectivity index (χ1v) is 32.1. The number of furan rings is 1. The van der Waals surface area contributed by atoms with Gasteiger partial charge in [0.15, 0.2) is 34.4 Å². The highest BCUT2D eigenvalue weighted by Crippen LogP contribution is 2.48. The van der Waals surface area contributed by atoms with Crippen LogP contribution in [-0.2, 0) is 54.1 Å². The maximum Gasteiger partial charge on any atom is 0.189 e. The summed E-state index contributed by atoms with van der Waals surface area (Å²) in [6.45, 7) is 50.3. The van der Waals surface area contributed by atoms with Crippen LogP contribution >= 0.6 is 0 Å². The molecule has 9 aromatic rings. The number of benzene rings is 4. The number of carbonyl (C=O) groups excluding carboxylic acids is 4. The van der Waals surface area contributed by atoms with Gasteiger partial charge in [-0.2, -0.15) is 20.4 Å². The first-order valence-electron chi connectivity index (χ1n) is 32.1. The lowest BCUT2D eigenvalue weighted by atomic mass is 9.79. The SMILES string of the molecule is Cc1c(C)c(C)c2c(c1C)CCc1c(C(=O)C(C)C)nn(C)c1-2.Cc1c(C)c(C)c2c(c1C)Cc1c(C(=O)C(C)C)nn(C)c1-2.Cc1c(C)c(C)c2c(c1C)OCc1c(C(=O)C(C)C)nn(C)c1-2.Cc1c(C)c(C)c2c(oc3c(C(=O)C(C)C)nn(C)c32)c1C. The van der Waals surface area contributed by atoms with E-state index >= 15 is 0 Å². The Labute approximate surface area is 533 Å². The normalized spacial score (nSPS) is 12.7. The van der Waals surface area contributed by atoms with Gasteiger partial charge in [0.25, 0.3) is 0 Å². The maximum absolute atomic E-state index is 12.5. The molecule has 0 saturated carbocycles. The summed E-state index contributed by atoms with van der Waals surface area (Å²) < 4.78 is 19.6. The van der Waals surface area contributed by atoms with Crippen molar-refractivity contribution < 1.29 is 28.3 Å². The number of hydrogen-bond acceptors (Lipinski definition) is 10. The molecule has 0 radical (unpaired) electrons. The first-order chi connectivity index (χ1) is 42.0. The Morgan fingerprint density at radius 1 is 0.344 bits per heavy atom. The Kier molecular flexibility index (Phi) is 17.9. The third kappa shape index (κ3) is 10.5. The van der Waals surface area contributed by atoms with Crippen molar-refractivity contribution in [3.05, 3.63) is 140 Å². The molecule has 4 aromatic carbocycles. The summed E-state index contributed by atoms with van der Waals surface area (Å²) >= 11 is 0. The summed E-state index contributed by atoms with van der Waals surface area (Å²) in [6, 6.07) is 0. The van der Waals surface area contributed by atoms with Gasteiger partial charge in [-0.05, 0) is 224 Å². The van der Waals surface area contributed by atoms with Crippen LogP contribution in [0.15, 0.2) is 4.42 Å². The van der Waals surface area contributed by atoms with Gasteiger partial charge in [-0.1, -0.05) is 55.4 Å². The van der Waals surface area contributed by atoms with Crippen molar-refractivity contribution in [2.45, 2.75) is 192 Å². The Balaban J connectivity index is 0.000000142. The van der Waals surface area contributed by atoms with Crippen molar-refractivity contribution in [2.24, 2.45) is 51.9 Å². The lowest BCUT2D eigenvalue weighted by molar-refractivity contribution is 0.0924. The van der Waals surface area contributed by atoms with E-state index in [0.29, 0.717) is 35.0 Å².